The maximum Gasteiger partial charge on any atom is 0.255 e. The summed E-state index contributed by atoms with van der Waals surface area (Å²) in [5.74, 6) is 0.708. The van der Waals surface area contributed by atoms with Crippen LogP contribution < -0.4 is 4.74 Å². The number of aromatic nitrogens is 2. The predicted molar refractivity (Wildman–Crippen MR) is 98.9 cm³/mol. The molecule has 7 heteroatoms. The van der Waals surface area contributed by atoms with Gasteiger partial charge in [0, 0.05) is 31.1 Å². The molecule has 140 valence electrons. The Kier molecular flexibility index (Phi) is 5.83. The molecule has 0 saturated carbocycles. The molecule has 1 aromatic carbocycles. The third-order valence-electron chi connectivity index (χ3n) is 4.08. The van der Waals surface area contributed by atoms with Gasteiger partial charge in [-0.15, -0.1) is 0 Å². The van der Waals surface area contributed by atoms with Crippen molar-refractivity contribution in [2.75, 3.05) is 13.7 Å². The molecule has 1 N–H and O–H groups in total. The van der Waals surface area contributed by atoms with E-state index in [2.05, 4.69) is 10.1 Å². The number of pyridine rings is 1. The summed E-state index contributed by atoms with van der Waals surface area (Å²) in [6, 6.07) is 12.8. The topological polar surface area (TPSA) is 88.7 Å². The number of aryl methyl sites for hydroxylation is 1. The van der Waals surface area contributed by atoms with Crippen molar-refractivity contribution in [1.82, 2.24) is 15.0 Å². The molecule has 7 nitrogen and oxygen atoms in total. The highest BCUT2D eigenvalue weighted by molar-refractivity contribution is 5.80. The van der Waals surface area contributed by atoms with E-state index in [9.17, 15) is 9.90 Å². The summed E-state index contributed by atoms with van der Waals surface area (Å²) in [4.78, 5) is 17.7. The van der Waals surface area contributed by atoms with Gasteiger partial charge in [0.2, 0.25) is 0 Å². The SMILES string of the molecule is Cc1ccccc1OCC(O)C(=O)N(C)Cc1cc(-c2ccncc2)no1. The fourth-order valence-corrected chi connectivity index (χ4v) is 2.57. The van der Waals surface area contributed by atoms with E-state index in [1.165, 1.54) is 4.90 Å². The Bertz CT molecular complexity index is 895. The van der Waals surface area contributed by atoms with E-state index in [0.29, 0.717) is 17.2 Å². The number of ether oxygens (including phenoxy) is 1. The fraction of sp³-hybridized carbons (Fsp3) is 0.250. The zero-order valence-electron chi connectivity index (χ0n) is 15.2. The Morgan fingerprint density at radius 1 is 1.26 bits per heavy atom. The molecule has 0 spiro atoms. The number of aliphatic hydroxyl groups excluding tert-OH is 1. The number of hydrogen-bond acceptors (Lipinski definition) is 6. The van der Waals surface area contributed by atoms with Gasteiger partial charge in [0.25, 0.3) is 5.91 Å². The second kappa shape index (κ2) is 8.46. The molecule has 1 atom stereocenters. The minimum atomic E-state index is -1.27. The Morgan fingerprint density at radius 2 is 2.00 bits per heavy atom. The van der Waals surface area contributed by atoms with Gasteiger partial charge < -0.3 is 19.3 Å². The summed E-state index contributed by atoms with van der Waals surface area (Å²) >= 11 is 0. The van der Waals surface area contributed by atoms with Crippen molar-refractivity contribution in [2.24, 2.45) is 0 Å². The van der Waals surface area contributed by atoms with Crippen LogP contribution in [-0.4, -0.2) is 45.8 Å². The van der Waals surface area contributed by atoms with Crippen LogP contribution in [0.3, 0.4) is 0 Å². The molecule has 0 aliphatic rings. The first-order valence-corrected chi connectivity index (χ1v) is 8.52. The number of nitrogens with zero attached hydrogens (tertiary/aromatic N) is 3. The highest BCUT2D eigenvalue weighted by Crippen LogP contribution is 2.19. The first-order valence-electron chi connectivity index (χ1n) is 8.52. The Labute approximate surface area is 157 Å². The summed E-state index contributed by atoms with van der Waals surface area (Å²) in [5, 5.41) is 14.1. The largest absolute Gasteiger partial charge is 0.490 e. The van der Waals surface area contributed by atoms with E-state index in [0.717, 1.165) is 11.1 Å². The highest BCUT2D eigenvalue weighted by Gasteiger charge is 2.22. The lowest BCUT2D eigenvalue weighted by atomic mass is 10.2. The molecule has 3 aromatic rings. The molecule has 0 fully saturated rings. The van der Waals surface area contributed by atoms with Gasteiger partial charge in [0.1, 0.15) is 18.1 Å². The molecular weight excluding hydrogens is 346 g/mol. The molecule has 2 heterocycles. The minimum Gasteiger partial charge on any atom is -0.490 e. The molecule has 27 heavy (non-hydrogen) atoms. The van der Waals surface area contributed by atoms with Gasteiger partial charge in [0.05, 0.1) is 6.54 Å². The normalized spacial score (nSPS) is 11.8. The molecule has 3 rings (SSSR count). The van der Waals surface area contributed by atoms with Crippen LogP contribution in [0.2, 0.25) is 0 Å². The fourth-order valence-electron chi connectivity index (χ4n) is 2.57. The van der Waals surface area contributed by atoms with Crippen LogP contribution in [0, 0.1) is 6.92 Å². The van der Waals surface area contributed by atoms with Gasteiger partial charge in [-0.05, 0) is 30.7 Å². The lowest BCUT2D eigenvalue weighted by molar-refractivity contribution is -0.141. The zero-order chi connectivity index (χ0) is 19.2. The van der Waals surface area contributed by atoms with Crippen molar-refractivity contribution in [3.63, 3.8) is 0 Å². The van der Waals surface area contributed by atoms with E-state index < -0.39 is 12.0 Å². The van der Waals surface area contributed by atoms with E-state index in [1.54, 1.807) is 31.6 Å². The number of likely N-dealkylation sites (N-methyl/N-ethyl adjacent to an activating group) is 1. The van der Waals surface area contributed by atoms with Crippen molar-refractivity contribution in [3.05, 3.63) is 66.2 Å². The minimum absolute atomic E-state index is 0.118. The van der Waals surface area contributed by atoms with Gasteiger partial charge in [-0.2, -0.15) is 0 Å². The Balaban J connectivity index is 1.56. The quantitative estimate of drug-likeness (QED) is 0.690. The second-order valence-corrected chi connectivity index (χ2v) is 6.20. The van der Waals surface area contributed by atoms with Gasteiger partial charge >= 0.3 is 0 Å². The average Bonchev–Trinajstić information content (AvgIpc) is 3.15. The van der Waals surface area contributed by atoms with Crippen LogP contribution in [0.1, 0.15) is 11.3 Å². The van der Waals surface area contributed by atoms with Gasteiger partial charge in [0.15, 0.2) is 11.9 Å². The standard InChI is InChI=1S/C20H21N3O4/c1-14-5-3-4-6-19(14)26-13-18(24)20(25)23(2)12-16-11-17(22-27-16)15-7-9-21-10-8-15/h3-11,18,24H,12-13H2,1-2H3. The molecule has 0 radical (unpaired) electrons. The molecule has 2 aromatic heterocycles. The number of carbonyl (C=O) groups excluding carboxylic acids is 1. The smallest absolute Gasteiger partial charge is 0.255 e. The van der Waals surface area contributed by atoms with Crippen molar-refractivity contribution >= 4 is 5.91 Å². The number of para-hydroxylation sites is 1. The number of aliphatic hydroxyl groups is 1. The number of benzene rings is 1. The summed E-state index contributed by atoms with van der Waals surface area (Å²) in [6.07, 6.45) is 2.08. The van der Waals surface area contributed by atoms with Crippen LogP contribution in [0.15, 0.2) is 59.4 Å². The third-order valence-corrected chi connectivity index (χ3v) is 4.08. The maximum absolute atomic E-state index is 12.4. The molecule has 0 aliphatic heterocycles. The lowest BCUT2D eigenvalue weighted by Crippen LogP contribution is -2.39. The van der Waals surface area contributed by atoms with Crippen molar-refractivity contribution < 1.29 is 19.2 Å². The maximum atomic E-state index is 12.4. The number of carbonyl (C=O) groups is 1. The van der Waals surface area contributed by atoms with E-state index in [1.807, 2.05) is 37.3 Å². The molecular formula is C20H21N3O4. The van der Waals surface area contributed by atoms with E-state index in [4.69, 9.17) is 9.26 Å². The van der Waals surface area contributed by atoms with Crippen LogP contribution in [-0.2, 0) is 11.3 Å². The molecule has 1 unspecified atom stereocenters. The molecule has 0 saturated heterocycles. The third kappa shape index (κ3) is 4.71. The van der Waals surface area contributed by atoms with E-state index in [-0.39, 0.29) is 13.2 Å². The summed E-state index contributed by atoms with van der Waals surface area (Å²) < 4.78 is 10.8. The lowest BCUT2D eigenvalue weighted by Gasteiger charge is -2.20. The van der Waals surface area contributed by atoms with Crippen LogP contribution >= 0.6 is 0 Å². The first kappa shape index (κ1) is 18.6. The first-order chi connectivity index (χ1) is 13.0. The van der Waals surface area contributed by atoms with Crippen molar-refractivity contribution in [3.8, 4) is 17.0 Å². The number of hydrogen-bond donors (Lipinski definition) is 1. The Morgan fingerprint density at radius 3 is 2.74 bits per heavy atom. The summed E-state index contributed by atoms with van der Waals surface area (Å²) in [7, 11) is 1.59. The summed E-state index contributed by atoms with van der Waals surface area (Å²) in [5.41, 5.74) is 2.48. The highest BCUT2D eigenvalue weighted by atomic mass is 16.5. The molecule has 1 amide bonds. The van der Waals surface area contributed by atoms with Crippen molar-refractivity contribution in [1.29, 1.82) is 0 Å². The number of rotatable bonds is 7. The number of amides is 1. The van der Waals surface area contributed by atoms with Gasteiger partial charge in [-0.3, -0.25) is 9.78 Å². The van der Waals surface area contributed by atoms with Crippen LogP contribution in [0.5, 0.6) is 5.75 Å². The molecule has 0 aliphatic carbocycles. The van der Waals surface area contributed by atoms with Gasteiger partial charge in [-0.25, -0.2) is 0 Å². The van der Waals surface area contributed by atoms with Crippen LogP contribution in [0.25, 0.3) is 11.3 Å². The average molecular weight is 367 g/mol. The second-order valence-electron chi connectivity index (χ2n) is 6.20. The molecule has 0 bridgehead atoms. The van der Waals surface area contributed by atoms with Crippen molar-refractivity contribution in [2.45, 2.75) is 19.6 Å². The predicted octanol–water partition coefficient (Wildman–Crippen LogP) is 2.44. The van der Waals surface area contributed by atoms with E-state index >= 15 is 0 Å². The Hall–Kier alpha value is -3.19. The monoisotopic (exact) mass is 367 g/mol. The zero-order valence-corrected chi connectivity index (χ0v) is 15.2. The van der Waals surface area contributed by atoms with Gasteiger partial charge in [-0.1, -0.05) is 23.4 Å². The van der Waals surface area contributed by atoms with Crippen LogP contribution in [0.4, 0.5) is 0 Å². The summed E-state index contributed by atoms with van der Waals surface area (Å²) in [6.45, 7) is 1.98.